The topological polar surface area (TPSA) is 65.2 Å². The maximum Gasteiger partial charge on any atom is 0.277 e. The number of nitrogens with zero attached hydrogens (tertiary/aromatic N) is 2. The number of carbonyl (C=O) groups excluding carboxylic acids is 1. The van der Waals surface area contributed by atoms with Gasteiger partial charge in [-0.2, -0.15) is 0 Å². The molecule has 0 saturated heterocycles. The molecule has 0 saturated carbocycles. The van der Waals surface area contributed by atoms with Crippen LogP contribution in [0.1, 0.15) is 34.8 Å². The molecule has 138 valence electrons. The predicted molar refractivity (Wildman–Crippen MR) is 104 cm³/mol. The van der Waals surface area contributed by atoms with Crippen molar-refractivity contribution >= 4 is 17.5 Å². The van der Waals surface area contributed by atoms with E-state index >= 15 is 0 Å². The summed E-state index contributed by atoms with van der Waals surface area (Å²) in [4.78, 5) is 12.8. The molecule has 1 atom stereocenters. The van der Waals surface area contributed by atoms with Gasteiger partial charge >= 0.3 is 0 Å². The summed E-state index contributed by atoms with van der Waals surface area (Å²) in [6, 6.07) is 13.5. The molecular weight excluding hydrogens is 360 g/mol. The summed E-state index contributed by atoms with van der Waals surface area (Å²) in [7, 11) is 1.60. The Morgan fingerprint density at radius 1 is 1.15 bits per heavy atom. The van der Waals surface area contributed by atoms with Crippen molar-refractivity contribution in [2.24, 2.45) is 0 Å². The second-order valence-corrected chi connectivity index (χ2v) is 7.83. The molecule has 0 radical (unpaired) electrons. The molecule has 0 aliphatic heterocycles. The summed E-state index contributed by atoms with van der Waals surface area (Å²) in [5.41, 5.74) is 4.15. The zero-order valence-electron chi connectivity index (χ0n) is 15.3. The van der Waals surface area contributed by atoms with Gasteiger partial charge in [0.1, 0.15) is 5.75 Å². The Morgan fingerprint density at radius 3 is 2.81 bits per heavy atom. The van der Waals surface area contributed by atoms with Crippen molar-refractivity contribution in [3.05, 3.63) is 59.2 Å². The number of methoxy groups -OCH3 is 1. The number of rotatable bonds is 6. The molecule has 0 spiro atoms. The summed E-state index contributed by atoms with van der Waals surface area (Å²) < 4.78 is 11.1. The van der Waals surface area contributed by atoms with Gasteiger partial charge in [0.15, 0.2) is 5.78 Å². The first-order valence-corrected chi connectivity index (χ1v) is 9.83. The fourth-order valence-electron chi connectivity index (χ4n) is 3.35. The third-order valence-electron chi connectivity index (χ3n) is 4.77. The average molecular weight is 380 g/mol. The number of fused-ring (bicyclic) bond motifs is 1. The van der Waals surface area contributed by atoms with Crippen LogP contribution < -0.4 is 4.74 Å². The highest BCUT2D eigenvalue weighted by Gasteiger charge is 2.22. The van der Waals surface area contributed by atoms with Crippen molar-refractivity contribution in [3.8, 4) is 17.2 Å². The van der Waals surface area contributed by atoms with E-state index in [2.05, 4.69) is 16.3 Å². The third-order valence-corrected chi connectivity index (χ3v) is 5.71. The minimum Gasteiger partial charge on any atom is -0.496 e. The SMILES string of the molecule is COc1ccccc1-c1nnc(S[C@H](C)C(=O)c2ccc3c(c2)CCC3)o1. The standard InChI is InChI=1S/C21H20N2O3S/c1-13(19(24)16-11-10-14-6-5-7-15(14)12-16)27-21-23-22-20(26-21)17-8-3-4-9-18(17)25-2/h3-4,8-13H,5-7H2,1-2H3/t13-/m1/s1. The minimum atomic E-state index is -0.310. The number of hydrogen-bond donors (Lipinski definition) is 0. The maximum absolute atomic E-state index is 12.8. The first kappa shape index (κ1) is 17.8. The number of Topliss-reactive ketones (excluding diaryl/α,β-unsaturated/α-hetero) is 1. The molecule has 1 aliphatic carbocycles. The van der Waals surface area contributed by atoms with Crippen molar-refractivity contribution in [2.75, 3.05) is 7.11 Å². The normalized spacial score (nSPS) is 14.0. The Kier molecular flexibility index (Phi) is 4.99. The summed E-state index contributed by atoms with van der Waals surface area (Å²) in [5, 5.41) is 8.24. The van der Waals surface area contributed by atoms with Gasteiger partial charge in [-0.15, -0.1) is 10.2 Å². The maximum atomic E-state index is 12.8. The van der Waals surface area contributed by atoms with Crippen LogP contribution in [0.15, 0.2) is 52.1 Å². The smallest absolute Gasteiger partial charge is 0.277 e. The largest absolute Gasteiger partial charge is 0.496 e. The van der Waals surface area contributed by atoms with Crippen LogP contribution in [0.4, 0.5) is 0 Å². The lowest BCUT2D eigenvalue weighted by atomic mass is 10.0. The minimum absolute atomic E-state index is 0.0757. The Morgan fingerprint density at radius 2 is 1.96 bits per heavy atom. The number of hydrogen-bond acceptors (Lipinski definition) is 6. The van der Waals surface area contributed by atoms with Gasteiger partial charge in [0, 0.05) is 5.56 Å². The molecule has 1 aromatic heterocycles. The second-order valence-electron chi connectivity index (χ2n) is 6.53. The number of benzene rings is 2. The fourth-order valence-corrected chi connectivity index (χ4v) is 4.11. The van der Waals surface area contributed by atoms with Gasteiger partial charge in [-0.05, 0) is 55.5 Å². The van der Waals surface area contributed by atoms with Gasteiger partial charge in [-0.25, -0.2) is 0 Å². The van der Waals surface area contributed by atoms with Crippen LogP contribution in [0.2, 0.25) is 0 Å². The van der Waals surface area contributed by atoms with E-state index in [1.807, 2.05) is 43.3 Å². The van der Waals surface area contributed by atoms with Crippen LogP contribution in [0.5, 0.6) is 5.75 Å². The lowest BCUT2D eigenvalue weighted by Crippen LogP contribution is -2.13. The first-order valence-electron chi connectivity index (χ1n) is 8.95. The highest BCUT2D eigenvalue weighted by molar-refractivity contribution is 8.00. The molecule has 1 heterocycles. The van der Waals surface area contributed by atoms with Gasteiger partial charge in [0.05, 0.1) is 17.9 Å². The number of carbonyl (C=O) groups is 1. The Bertz CT molecular complexity index is 983. The molecule has 1 aliphatic rings. The lowest BCUT2D eigenvalue weighted by Gasteiger charge is -2.09. The molecule has 0 N–H and O–H groups in total. The van der Waals surface area contributed by atoms with Crippen LogP contribution in [0.25, 0.3) is 11.5 Å². The Labute approximate surface area is 162 Å². The van der Waals surface area contributed by atoms with Gasteiger partial charge < -0.3 is 9.15 Å². The van der Waals surface area contributed by atoms with Gasteiger partial charge in [0.2, 0.25) is 0 Å². The van der Waals surface area contributed by atoms with Crippen molar-refractivity contribution in [1.82, 2.24) is 10.2 Å². The molecule has 4 rings (SSSR count). The first-order chi connectivity index (χ1) is 13.2. The molecule has 0 amide bonds. The van der Waals surface area contributed by atoms with E-state index in [0.29, 0.717) is 16.9 Å². The molecule has 3 aromatic rings. The van der Waals surface area contributed by atoms with E-state index in [1.54, 1.807) is 7.11 Å². The molecule has 6 heteroatoms. The van der Waals surface area contributed by atoms with Crippen LogP contribution >= 0.6 is 11.8 Å². The van der Waals surface area contributed by atoms with Crippen LogP contribution in [0.3, 0.4) is 0 Å². The van der Waals surface area contributed by atoms with Crippen molar-refractivity contribution in [3.63, 3.8) is 0 Å². The van der Waals surface area contributed by atoms with E-state index in [-0.39, 0.29) is 11.0 Å². The van der Waals surface area contributed by atoms with Crippen molar-refractivity contribution in [1.29, 1.82) is 0 Å². The summed E-state index contributed by atoms with van der Waals surface area (Å²) in [5.74, 6) is 1.12. The fraction of sp³-hybridized carbons (Fsp3) is 0.286. The monoisotopic (exact) mass is 380 g/mol. The van der Waals surface area contributed by atoms with Gasteiger partial charge in [-0.3, -0.25) is 4.79 Å². The van der Waals surface area contributed by atoms with E-state index < -0.39 is 0 Å². The predicted octanol–water partition coefficient (Wildman–Crippen LogP) is 4.60. The summed E-state index contributed by atoms with van der Waals surface area (Å²) in [6.07, 6.45) is 3.34. The van der Waals surface area contributed by atoms with E-state index in [9.17, 15) is 4.79 Å². The zero-order chi connectivity index (χ0) is 18.8. The van der Waals surface area contributed by atoms with E-state index in [1.165, 1.54) is 29.3 Å². The molecule has 5 nitrogen and oxygen atoms in total. The summed E-state index contributed by atoms with van der Waals surface area (Å²) >= 11 is 1.28. The third kappa shape index (κ3) is 3.62. The van der Waals surface area contributed by atoms with Gasteiger partial charge in [0.25, 0.3) is 11.1 Å². The van der Waals surface area contributed by atoms with Crippen LogP contribution in [-0.4, -0.2) is 28.3 Å². The molecule has 27 heavy (non-hydrogen) atoms. The molecule has 0 unspecified atom stereocenters. The van der Waals surface area contributed by atoms with Gasteiger partial charge in [-0.1, -0.05) is 36.0 Å². The summed E-state index contributed by atoms with van der Waals surface area (Å²) in [6.45, 7) is 1.87. The second kappa shape index (κ2) is 7.56. The number of aryl methyl sites for hydroxylation is 2. The van der Waals surface area contributed by atoms with Crippen LogP contribution in [0, 0.1) is 0 Å². The van der Waals surface area contributed by atoms with E-state index in [4.69, 9.17) is 9.15 Å². The Hall–Kier alpha value is -2.60. The van der Waals surface area contributed by atoms with Crippen molar-refractivity contribution < 1.29 is 13.9 Å². The van der Waals surface area contributed by atoms with Crippen molar-refractivity contribution in [2.45, 2.75) is 36.7 Å². The quantitative estimate of drug-likeness (QED) is 0.460. The lowest BCUT2D eigenvalue weighted by molar-refractivity contribution is 0.0993. The molecular formula is C21H20N2O3S. The number of thioether (sulfide) groups is 1. The molecule has 0 bridgehead atoms. The molecule has 0 fully saturated rings. The zero-order valence-corrected chi connectivity index (χ0v) is 16.1. The van der Waals surface area contributed by atoms with Crippen LogP contribution in [-0.2, 0) is 12.8 Å². The average Bonchev–Trinajstić information content (AvgIpc) is 3.35. The highest BCUT2D eigenvalue weighted by atomic mass is 32.2. The molecule has 2 aromatic carbocycles. The highest BCUT2D eigenvalue weighted by Crippen LogP contribution is 2.32. The number of para-hydroxylation sites is 1. The number of ketones is 1. The number of ether oxygens (including phenoxy) is 1. The Balaban J connectivity index is 1.49. The van der Waals surface area contributed by atoms with E-state index in [0.717, 1.165) is 24.0 Å². The number of aromatic nitrogens is 2.